The van der Waals surface area contributed by atoms with Gasteiger partial charge < -0.3 is 0 Å². The van der Waals surface area contributed by atoms with Crippen molar-refractivity contribution in [1.29, 1.82) is 0 Å². The SMILES string of the molecule is Cc1sc2c(c1C)C(=O)C(C)C2. The summed E-state index contributed by atoms with van der Waals surface area (Å²) in [6.07, 6.45) is 0.966. The van der Waals surface area contributed by atoms with Crippen LogP contribution in [0.15, 0.2) is 0 Å². The van der Waals surface area contributed by atoms with Gasteiger partial charge in [0.2, 0.25) is 0 Å². The van der Waals surface area contributed by atoms with Crippen LogP contribution >= 0.6 is 11.3 Å². The van der Waals surface area contributed by atoms with Gasteiger partial charge >= 0.3 is 0 Å². The van der Waals surface area contributed by atoms with Crippen LogP contribution in [0.1, 0.15) is 32.6 Å². The Labute approximate surface area is 76.4 Å². The average molecular weight is 180 g/mol. The summed E-state index contributed by atoms with van der Waals surface area (Å²) in [6.45, 7) is 6.17. The molecule has 0 amide bonds. The number of rotatable bonds is 0. The van der Waals surface area contributed by atoms with Crippen LogP contribution in [0.5, 0.6) is 0 Å². The average Bonchev–Trinajstić information content (AvgIpc) is 2.40. The Morgan fingerprint density at radius 2 is 2.08 bits per heavy atom. The van der Waals surface area contributed by atoms with Crippen LogP contribution in [-0.4, -0.2) is 5.78 Å². The zero-order valence-corrected chi connectivity index (χ0v) is 8.42. The number of aryl methyl sites for hydroxylation is 1. The van der Waals surface area contributed by atoms with Crippen molar-refractivity contribution < 1.29 is 4.79 Å². The highest BCUT2D eigenvalue weighted by atomic mass is 32.1. The summed E-state index contributed by atoms with van der Waals surface area (Å²) in [6, 6.07) is 0. The highest BCUT2D eigenvalue weighted by molar-refractivity contribution is 7.12. The number of hydrogen-bond donors (Lipinski definition) is 0. The standard InChI is InChI=1S/C10H12OS/c1-5-4-8-9(10(5)11)6(2)7(3)12-8/h5H,4H2,1-3H3. The fraction of sp³-hybridized carbons (Fsp3) is 0.500. The van der Waals surface area contributed by atoms with Gasteiger partial charge in [-0.1, -0.05) is 6.92 Å². The van der Waals surface area contributed by atoms with Crippen molar-refractivity contribution in [3.8, 4) is 0 Å². The van der Waals surface area contributed by atoms with Gasteiger partial charge in [0, 0.05) is 21.2 Å². The number of ketones is 1. The van der Waals surface area contributed by atoms with Crippen LogP contribution in [-0.2, 0) is 6.42 Å². The van der Waals surface area contributed by atoms with Gasteiger partial charge in [-0.3, -0.25) is 4.79 Å². The lowest BCUT2D eigenvalue weighted by Gasteiger charge is -1.98. The number of Topliss-reactive ketones (excluding diaryl/α,β-unsaturated/α-hetero) is 1. The summed E-state index contributed by atoms with van der Waals surface area (Å²) in [5.74, 6) is 0.581. The normalized spacial score (nSPS) is 21.6. The van der Waals surface area contributed by atoms with E-state index >= 15 is 0 Å². The van der Waals surface area contributed by atoms with Gasteiger partial charge in [-0.05, 0) is 25.8 Å². The second kappa shape index (κ2) is 2.43. The third-order valence-corrected chi connectivity index (χ3v) is 3.87. The molecule has 0 spiro atoms. The maximum Gasteiger partial charge on any atom is 0.167 e. The molecule has 12 heavy (non-hydrogen) atoms. The van der Waals surface area contributed by atoms with Gasteiger partial charge in [0.1, 0.15) is 0 Å². The number of carbonyl (C=O) groups is 1. The van der Waals surface area contributed by atoms with E-state index in [1.165, 1.54) is 15.3 Å². The molecular weight excluding hydrogens is 168 g/mol. The van der Waals surface area contributed by atoms with Crippen molar-refractivity contribution in [2.24, 2.45) is 5.92 Å². The molecule has 0 saturated heterocycles. The molecule has 0 N–H and O–H groups in total. The Morgan fingerprint density at radius 3 is 2.67 bits per heavy atom. The van der Waals surface area contributed by atoms with Crippen LogP contribution in [0.25, 0.3) is 0 Å². The first kappa shape index (κ1) is 7.99. The lowest BCUT2D eigenvalue weighted by molar-refractivity contribution is 0.0945. The van der Waals surface area contributed by atoms with Crippen molar-refractivity contribution in [2.75, 3.05) is 0 Å². The molecule has 1 unspecified atom stereocenters. The summed E-state index contributed by atoms with van der Waals surface area (Å²) < 4.78 is 0. The first-order chi connectivity index (χ1) is 5.61. The highest BCUT2D eigenvalue weighted by Gasteiger charge is 2.30. The van der Waals surface area contributed by atoms with Crippen molar-refractivity contribution in [1.82, 2.24) is 0 Å². The fourth-order valence-corrected chi connectivity index (χ4v) is 3.09. The molecule has 1 aromatic rings. The Morgan fingerprint density at radius 1 is 1.42 bits per heavy atom. The van der Waals surface area contributed by atoms with Crippen molar-refractivity contribution in [3.63, 3.8) is 0 Å². The summed E-state index contributed by atoms with van der Waals surface area (Å²) in [4.78, 5) is 14.3. The second-order valence-corrected chi connectivity index (χ2v) is 4.86. The number of carbonyl (C=O) groups excluding carboxylic acids is 1. The lowest BCUT2D eigenvalue weighted by Crippen LogP contribution is -2.04. The van der Waals surface area contributed by atoms with E-state index < -0.39 is 0 Å². The number of fused-ring (bicyclic) bond motifs is 1. The Kier molecular flexibility index (Phi) is 1.62. The van der Waals surface area contributed by atoms with E-state index in [2.05, 4.69) is 13.8 Å². The molecule has 1 heterocycles. The monoisotopic (exact) mass is 180 g/mol. The van der Waals surface area contributed by atoms with Crippen LogP contribution in [0.4, 0.5) is 0 Å². The van der Waals surface area contributed by atoms with E-state index in [1.54, 1.807) is 11.3 Å². The third-order valence-electron chi connectivity index (χ3n) is 2.64. The van der Waals surface area contributed by atoms with Gasteiger partial charge in [0.25, 0.3) is 0 Å². The van der Waals surface area contributed by atoms with Crippen LogP contribution < -0.4 is 0 Å². The Bertz CT molecular complexity index is 349. The third kappa shape index (κ3) is 0.876. The Balaban J connectivity index is 2.61. The van der Waals surface area contributed by atoms with E-state index in [0.29, 0.717) is 5.78 Å². The molecule has 64 valence electrons. The molecule has 0 saturated carbocycles. The molecule has 0 aliphatic heterocycles. The van der Waals surface area contributed by atoms with Gasteiger partial charge in [-0.2, -0.15) is 0 Å². The molecule has 0 fully saturated rings. The molecule has 1 aliphatic rings. The van der Waals surface area contributed by atoms with E-state index in [9.17, 15) is 4.79 Å². The van der Waals surface area contributed by atoms with E-state index in [-0.39, 0.29) is 5.92 Å². The predicted octanol–water partition coefficient (Wildman–Crippen LogP) is 2.74. The quantitative estimate of drug-likeness (QED) is 0.600. The minimum atomic E-state index is 0.227. The molecule has 2 heteroatoms. The van der Waals surface area contributed by atoms with E-state index in [4.69, 9.17) is 0 Å². The zero-order valence-electron chi connectivity index (χ0n) is 7.60. The van der Waals surface area contributed by atoms with Gasteiger partial charge in [0.05, 0.1) is 0 Å². The summed E-state index contributed by atoms with van der Waals surface area (Å²) in [5, 5.41) is 0. The van der Waals surface area contributed by atoms with Crippen LogP contribution in [0.3, 0.4) is 0 Å². The molecule has 0 aromatic carbocycles. The second-order valence-electron chi connectivity index (χ2n) is 3.55. The molecule has 1 aromatic heterocycles. The van der Waals surface area contributed by atoms with Crippen molar-refractivity contribution in [2.45, 2.75) is 27.2 Å². The lowest BCUT2D eigenvalue weighted by atomic mass is 10.1. The smallest absolute Gasteiger partial charge is 0.167 e. The molecule has 1 aliphatic carbocycles. The number of thiophene rings is 1. The Hall–Kier alpha value is -0.630. The van der Waals surface area contributed by atoms with E-state index in [1.807, 2.05) is 6.92 Å². The predicted molar refractivity (Wildman–Crippen MR) is 51.0 cm³/mol. The van der Waals surface area contributed by atoms with Crippen LogP contribution in [0, 0.1) is 19.8 Å². The fourth-order valence-electron chi connectivity index (χ4n) is 1.78. The molecule has 2 rings (SSSR count). The minimum Gasteiger partial charge on any atom is -0.294 e. The van der Waals surface area contributed by atoms with Crippen LogP contribution in [0.2, 0.25) is 0 Å². The zero-order chi connectivity index (χ0) is 8.88. The molecule has 0 radical (unpaired) electrons. The number of hydrogen-bond acceptors (Lipinski definition) is 2. The minimum absolute atomic E-state index is 0.227. The maximum atomic E-state index is 11.6. The molecule has 0 bridgehead atoms. The summed E-state index contributed by atoms with van der Waals surface area (Å²) in [5.41, 5.74) is 2.24. The van der Waals surface area contributed by atoms with Crippen molar-refractivity contribution in [3.05, 3.63) is 20.9 Å². The maximum absolute atomic E-state index is 11.6. The highest BCUT2D eigenvalue weighted by Crippen LogP contribution is 2.36. The van der Waals surface area contributed by atoms with E-state index in [0.717, 1.165) is 12.0 Å². The molecule has 1 nitrogen and oxygen atoms in total. The summed E-state index contributed by atoms with van der Waals surface area (Å²) in [7, 11) is 0. The topological polar surface area (TPSA) is 17.1 Å². The van der Waals surface area contributed by atoms with Crippen molar-refractivity contribution >= 4 is 17.1 Å². The molecular formula is C10H12OS. The molecule has 1 atom stereocenters. The van der Waals surface area contributed by atoms with Gasteiger partial charge in [-0.25, -0.2) is 0 Å². The first-order valence-electron chi connectivity index (χ1n) is 4.24. The first-order valence-corrected chi connectivity index (χ1v) is 5.06. The van der Waals surface area contributed by atoms with Gasteiger partial charge in [0.15, 0.2) is 5.78 Å². The largest absolute Gasteiger partial charge is 0.294 e. The van der Waals surface area contributed by atoms with Gasteiger partial charge in [-0.15, -0.1) is 11.3 Å². The summed E-state index contributed by atoms with van der Waals surface area (Å²) >= 11 is 1.79.